The first-order valence-corrected chi connectivity index (χ1v) is 7.10. The number of ether oxygens (including phenoxy) is 2. The van der Waals surface area contributed by atoms with Crippen molar-refractivity contribution in [2.45, 2.75) is 33.5 Å². The first kappa shape index (κ1) is 15.8. The normalized spacial score (nSPS) is 13.0. The number of halogens is 1. The van der Waals surface area contributed by atoms with Crippen LogP contribution in [-0.2, 0) is 16.1 Å². The summed E-state index contributed by atoms with van der Waals surface area (Å²) in [7, 11) is 1.64. The molecule has 0 bridgehead atoms. The lowest BCUT2D eigenvalue weighted by Gasteiger charge is -2.21. The molecule has 1 N–H and O–H groups in total. The predicted octanol–water partition coefficient (Wildman–Crippen LogP) is 3.78. The van der Waals surface area contributed by atoms with Gasteiger partial charge in [-0.2, -0.15) is 0 Å². The summed E-state index contributed by atoms with van der Waals surface area (Å²) in [5.41, 5.74) is 0.887. The molecule has 1 heterocycles. The molecule has 0 aliphatic heterocycles. The van der Waals surface area contributed by atoms with Crippen LogP contribution < -0.4 is 0 Å². The molecule has 0 radical (unpaired) electrons. The van der Waals surface area contributed by atoms with Crippen molar-refractivity contribution in [3.8, 4) is 0 Å². The molecule has 1 rings (SSSR count). The van der Waals surface area contributed by atoms with Gasteiger partial charge in [-0.05, 0) is 28.8 Å². The van der Waals surface area contributed by atoms with Gasteiger partial charge in [-0.3, -0.25) is 0 Å². The highest BCUT2D eigenvalue weighted by Crippen LogP contribution is 2.25. The molecule has 0 spiro atoms. The predicted molar refractivity (Wildman–Crippen MR) is 77.0 cm³/mol. The molecule has 0 aliphatic rings. The van der Waals surface area contributed by atoms with Crippen LogP contribution in [0, 0.1) is 10.6 Å². The third-order valence-corrected chi connectivity index (χ3v) is 3.88. The fourth-order valence-corrected chi connectivity index (χ4v) is 2.19. The fourth-order valence-electron chi connectivity index (χ4n) is 1.67. The second-order valence-corrected chi connectivity index (χ2v) is 5.45. The van der Waals surface area contributed by atoms with E-state index in [0.29, 0.717) is 23.8 Å². The summed E-state index contributed by atoms with van der Waals surface area (Å²) in [6.07, 6.45) is -0.0830. The lowest BCUT2D eigenvalue weighted by molar-refractivity contribution is 0.0226. The minimum atomic E-state index is -0.0830. The molecule has 1 unspecified atom stereocenters. The van der Waals surface area contributed by atoms with E-state index in [4.69, 9.17) is 21.7 Å². The van der Waals surface area contributed by atoms with Crippen molar-refractivity contribution < 1.29 is 9.47 Å². The van der Waals surface area contributed by atoms with Crippen molar-refractivity contribution in [2.75, 3.05) is 13.7 Å². The van der Waals surface area contributed by atoms with Crippen LogP contribution in [0.25, 0.3) is 0 Å². The molecular formula is C12H19BrN2O2S. The molecule has 102 valence electrons. The summed E-state index contributed by atoms with van der Waals surface area (Å²) in [5.74, 6) is 1.08. The van der Waals surface area contributed by atoms with Gasteiger partial charge in [-0.1, -0.05) is 26.1 Å². The maximum Gasteiger partial charge on any atom is 0.144 e. The summed E-state index contributed by atoms with van der Waals surface area (Å²) >= 11 is 8.67. The van der Waals surface area contributed by atoms with Gasteiger partial charge in [0, 0.05) is 13.7 Å². The van der Waals surface area contributed by atoms with Gasteiger partial charge in [-0.15, -0.1) is 0 Å². The minimum absolute atomic E-state index is 0.0830. The van der Waals surface area contributed by atoms with E-state index < -0.39 is 0 Å². The van der Waals surface area contributed by atoms with E-state index in [9.17, 15) is 0 Å². The molecule has 0 saturated carbocycles. The maximum atomic E-state index is 5.72. The molecule has 0 saturated heterocycles. The third-order valence-electron chi connectivity index (χ3n) is 2.46. The highest BCUT2D eigenvalue weighted by atomic mass is 79.9. The van der Waals surface area contributed by atoms with Crippen molar-refractivity contribution in [3.05, 3.63) is 20.6 Å². The molecule has 4 nitrogen and oxygen atoms in total. The van der Waals surface area contributed by atoms with E-state index >= 15 is 0 Å². The molecule has 18 heavy (non-hydrogen) atoms. The van der Waals surface area contributed by atoms with Crippen LogP contribution in [0.5, 0.6) is 0 Å². The molecule has 1 aromatic rings. The van der Waals surface area contributed by atoms with Gasteiger partial charge in [0.25, 0.3) is 0 Å². The van der Waals surface area contributed by atoms with Crippen LogP contribution >= 0.6 is 28.1 Å². The number of nitrogens with zero attached hydrogens (tertiary/aromatic N) is 1. The Labute approximate surface area is 121 Å². The smallest absolute Gasteiger partial charge is 0.144 e. The Morgan fingerprint density at radius 1 is 1.44 bits per heavy atom. The number of hydrogen-bond donors (Lipinski definition) is 1. The van der Waals surface area contributed by atoms with Crippen LogP contribution in [0.1, 0.15) is 38.4 Å². The second-order valence-electron chi connectivity index (χ2n) is 4.27. The highest BCUT2D eigenvalue weighted by molar-refractivity contribution is 9.10. The number of aromatic nitrogens is 2. The maximum absolute atomic E-state index is 5.72. The molecule has 0 amide bonds. The van der Waals surface area contributed by atoms with E-state index in [-0.39, 0.29) is 6.10 Å². The molecule has 1 atom stereocenters. The van der Waals surface area contributed by atoms with Gasteiger partial charge in [-0.25, -0.2) is 4.98 Å². The van der Waals surface area contributed by atoms with Crippen LogP contribution in [0.2, 0.25) is 0 Å². The zero-order chi connectivity index (χ0) is 13.7. The lowest BCUT2D eigenvalue weighted by atomic mass is 10.1. The number of H-pyrrole nitrogens is 1. The monoisotopic (exact) mass is 334 g/mol. The minimum Gasteiger partial charge on any atom is -0.378 e. The summed E-state index contributed by atoms with van der Waals surface area (Å²) in [6, 6.07) is 0. The topological polar surface area (TPSA) is 47.1 Å². The number of hydrogen-bond acceptors (Lipinski definition) is 4. The standard InChI is InChI=1S/C12H19BrN2O2S/c1-5-17-10(7(2)3)11-14-8(6-16-4)9(13)12(18)15-11/h7,10H,5-6H2,1-4H3,(H,14,15,18). The SMILES string of the molecule is CCOC(c1nc(=S)c(Br)c(COC)[nH]1)C(C)C. The Morgan fingerprint density at radius 2 is 2.11 bits per heavy atom. The molecule has 0 fully saturated rings. The summed E-state index contributed by atoms with van der Waals surface area (Å²) in [6.45, 7) is 7.25. The van der Waals surface area contributed by atoms with Gasteiger partial charge in [0.1, 0.15) is 16.6 Å². The summed E-state index contributed by atoms with van der Waals surface area (Å²) in [4.78, 5) is 7.63. The van der Waals surface area contributed by atoms with Crippen molar-refractivity contribution in [3.63, 3.8) is 0 Å². The fraction of sp³-hybridized carbons (Fsp3) is 0.667. The molecule has 0 aromatic carbocycles. The molecule has 1 aromatic heterocycles. The average Bonchev–Trinajstić information content (AvgIpc) is 2.31. The zero-order valence-electron chi connectivity index (χ0n) is 11.1. The lowest BCUT2D eigenvalue weighted by Crippen LogP contribution is -2.16. The molecule has 6 heteroatoms. The largest absolute Gasteiger partial charge is 0.378 e. The van der Waals surface area contributed by atoms with E-state index in [1.54, 1.807) is 7.11 Å². The highest BCUT2D eigenvalue weighted by Gasteiger charge is 2.20. The average molecular weight is 335 g/mol. The summed E-state index contributed by atoms with van der Waals surface area (Å²) < 4.78 is 12.2. The van der Waals surface area contributed by atoms with Gasteiger partial charge >= 0.3 is 0 Å². The number of methoxy groups -OCH3 is 1. The zero-order valence-corrected chi connectivity index (χ0v) is 13.5. The molecule has 0 aliphatic carbocycles. The van der Waals surface area contributed by atoms with Crippen LogP contribution in [0.4, 0.5) is 0 Å². The summed E-state index contributed by atoms with van der Waals surface area (Å²) in [5, 5.41) is 0. The Kier molecular flexibility index (Phi) is 6.42. The van der Waals surface area contributed by atoms with Crippen LogP contribution in [-0.4, -0.2) is 23.7 Å². The van der Waals surface area contributed by atoms with Crippen molar-refractivity contribution in [2.24, 2.45) is 5.92 Å². The van der Waals surface area contributed by atoms with Gasteiger partial charge in [0.05, 0.1) is 16.8 Å². The Bertz CT molecular complexity index is 448. The number of aromatic amines is 1. The Balaban J connectivity index is 3.19. The van der Waals surface area contributed by atoms with Crippen LogP contribution in [0.3, 0.4) is 0 Å². The Hall–Kier alpha value is -0.300. The second kappa shape index (κ2) is 7.33. The first-order valence-electron chi connectivity index (χ1n) is 5.90. The van der Waals surface area contributed by atoms with Gasteiger partial charge in [0.15, 0.2) is 0 Å². The Morgan fingerprint density at radius 3 is 2.61 bits per heavy atom. The number of nitrogens with one attached hydrogen (secondary N) is 1. The third kappa shape index (κ3) is 3.85. The van der Waals surface area contributed by atoms with Crippen molar-refractivity contribution >= 4 is 28.1 Å². The van der Waals surface area contributed by atoms with Crippen molar-refractivity contribution in [1.29, 1.82) is 0 Å². The van der Waals surface area contributed by atoms with Gasteiger partial charge in [0.2, 0.25) is 0 Å². The number of rotatable bonds is 6. The van der Waals surface area contributed by atoms with Crippen molar-refractivity contribution in [1.82, 2.24) is 9.97 Å². The quantitative estimate of drug-likeness (QED) is 0.804. The van der Waals surface area contributed by atoms with E-state index in [2.05, 4.69) is 39.7 Å². The molecular weight excluding hydrogens is 316 g/mol. The van der Waals surface area contributed by atoms with E-state index in [0.717, 1.165) is 16.0 Å². The van der Waals surface area contributed by atoms with E-state index in [1.165, 1.54) is 0 Å². The first-order chi connectivity index (χ1) is 8.51. The van der Waals surface area contributed by atoms with Crippen LogP contribution in [0.15, 0.2) is 4.47 Å². The van der Waals surface area contributed by atoms with E-state index in [1.807, 2.05) is 6.92 Å². The van der Waals surface area contributed by atoms with Gasteiger partial charge < -0.3 is 14.5 Å².